The van der Waals surface area contributed by atoms with Gasteiger partial charge >= 0.3 is 23.9 Å². The summed E-state index contributed by atoms with van der Waals surface area (Å²) in [6, 6.07) is 0. The lowest BCUT2D eigenvalue weighted by molar-refractivity contribution is -0.382. The van der Waals surface area contributed by atoms with E-state index in [1.54, 1.807) is 6.92 Å². The third-order valence-corrected chi connectivity index (χ3v) is 20.1. The van der Waals surface area contributed by atoms with E-state index < -0.39 is 183 Å². The Bertz CT molecular complexity index is 2440. The first-order valence-corrected chi connectivity index (χ1v) is 29.1. The molecule has 0 amide bonds. The molecule has 1 spiro atoms. The largest absolute Gasteiger partial charge is 0.457 e. The maximum absolute atomic E-state index is 12.9. The molecule has 9 fully saturated rings. The highest BCUT2D eigenvalue weighted by Crippen LogP contribution is 2.71. The van der Waals surface area contributed by atoms with Gasteiger partial charge in [-0.05, 0) is 80.6 Å². The van der Waals surface area contributed by atoms with Crippen molar-refractivity contribution in [1.82, 2.24) is 0 Å². The molecule has 8 N–H and O–H groups in total. The number of aliphatic hydroxyl groups excluding tert-OH is 8. The van der Waals surface area contributed by atoms with Gasteiger partial charge in [-0.25, -0.2) is 0 Å². The minimum atomic E-state index is -1.84. The maximum atomic E-state index is 12.9. The number of aliphatic hydroxyl groups is 8. The first-order valence-electron chi connectivity index (χ1n) is 29.1. The highest BCUT2D eigenvalue weighted by Gasteiger charge is 2.72. The van der Waals surface area contributed by atoms with Crippen molar-refractivity contribution >= 4 is 23.9 Å². The molecule has 31 atom stereocenters. The van der Waals surface area contributed by atoms with Crippen LogP contribution < -0.4 is 0 Å². The number of hydrogen-bond donors (Lipinski definition) is 8. The van der Waals surface area contributed by atoms with Gasteiger partial charge in [-0.2, -0.15) is 0 Å². The Labute approximate surface area is 480 Å². The van der Waals surface area contributed by atoms with Crippen LogP contribution >= 0.6 is 0 Å². The quantitative estimate of drug-likeness (QED) is 0.0691. The number of carbonyl (C=O) groups is 4. The molecule has 4 aliphatic carbocycles. The lowest BCUT2D eigenvalue weighted by Gasteiger charge is -2.60. The summed E-state index contributed by atoms with van der Waals surface area (Å²) in [5, 5.41) is 90.0. The molecule has 6 saturated heterocycles. The Morgan fingerprint density at radius 2 is 1.27 bits per heavy atom. The molecule has 0 aromatic carbocycles. The third-order valence-electron chi connectivity index (χ3n) is 20.1. The highest BCUT2D eigenvalue weighted by molar-refractivity contribution is 5.68. The predicted octanol–water partition coefficient (Wildman–Crippen LogP) is -0.540. The van der Waals surface area contributed by atoms with Crippen molar-refractivity contribution < 1.29 is 126 Å². The second-order valence-corrected chi connectivity index (χ2v) is 25.2. The van der Waals surface area contributed by atoms with Crippen molar-refractivity contribution in [2.45, 2.75) is 248 Å². The molecule has 83 heavy (non-hydrogen) atoms. The summed E-state index contributed by atoms with van der Waals surface area (Å²) >= 11 is 0. The number of ether oxygens (including phenoxy) is 14. The van der Waals surface area contributed by atoms with Crippen LogP contribution in [0.5, 0.6) is 0 Å². The highest BCUT2D eigenvalue weighted by atomic mass is 16.8. The van der Waals surface area contributed by atoms with E-state index in [-0.39, 0.29) is 54.1 Å². The molecule has 0 radical (unpaired) electrons. The zero-order chi connectivity index (χ0) is 60.1. The zero-order valence-corrected chi connectivity index (χ0v) is 48.2. The summed E-state index contributed by atoms with van der Waals surface area (Å²) in [7, 11) is 0. The topological polar surface area (TPSA) is 359 Å². The van der Waals surface area contributed by atoms with Crippen LogP contribution in [0.1, 0.15) is 101 Å². The fourth-order valence-corrected chi connectivity index (χ4v) is 16.2. The lowest BCUT2D eigenvalue weighted by atomic mass is 9.46. The fraction of sp³-hybridized carbons (Fsp3) is 0.860. The standard InChI is InChI=1S/C57H84O26/c1-21-18-72-57(50(69)44(21)80-52-43(68)41(66)39(64)23(3)73-52)22(2)38-35(83-57)17-33-31-12-11-29-15-30(62)16-37(56(29,10)32(31)13-14-55(33,38)9)79-53-48(46(34(63)19-70-53)81-51-42(67)40(65)36(20-71-51)75-25(5)58)82-54-49(78-28(8)61)47(77-27(7)60)45(24(4)74-54)76-26(6)59/h11,22-24,30-54,62-69H,1,12-20H2,2-10H3/t22-,23-,24+,30+,31+,32+,33-,34+,35+,36-,37?,38+,39+,40-,41+,42+,43+,44+,45+,46-,47+,48+,49+,50+,51+,52+,53+,54+,55+,56-,57+/m0/s1. The summed E-state index contributed by atoms with van der Waals surface area (Å²) in [5.74, 6) is -5.05. The lowest BCUT2D eigenvalue weighted by Crippen LogP contribution is -2.66. The second kappa shape index (κ2) is 24.0. The summed E-state index contributed by atoms with van der Waals surface area (Å²) in [6.45, 7) is 17.2. The van der Waals surface area contributed by atoms with Gasteiger partial charge in [0, 0.05) is 45.4 Å². The van der Waals surface area contributed by atoms with Gasteiger partial charge in [0.2, 0.25) is 5.79 Å². The number of allylic oxidation sites excluding steroid dienone is 1. The number of carbonyl (C=O) groups excluding carboxylic acids is 4. The van der Waals surface area contributed by atoms with Crippen molar-refractivity contribution in [2.75, 3.05) is 19.8 Å². The first kappa shape index (κ1) is 62.7. The van der Waals surface area contributed by atoms with Crippen LogP contribution in [0, 0.1) is 40.4 Å². The van der Waals surface area contributed by atoms with Gasteiger partial charge < -0.3 is 107 Å². The van der Waals surface area contributed by atoms with Gasteiger partial charge in [-0.3, -0.25) is 19.2 Å². The molecule has 468 valence electrons. The third kappa shape index (κ3) is 11.2. The molecule has 6 aliphatic heterocycles. The molecule has 6 heterocycles. The Morgan fingerprint density at radius 3 is 1.95 bits per heavy atom. The molecule has 26 heteroatoms. The van der Waals surface area contributed by atoms with Crippen molar-refractivity contribution in [3.63, 3.8) is 0 Å². The van der Waals surface area contributed by atoms with Crippen LogP contribution in [-0.2, 0) is 85.5 Å². The van der Waals surface area contributed by atoms with Crippen LogP contribution in [0.15, 0.2) is 23.8 Å². The Kier molecular flexibility index (Phi) is 18.1. The van der Waals surface area contributed by atoms with Gasteiger partial charge in [-0.1, -0.05) is 39.0 Å². The smallest absolute Gasteiger partial charge is 0.303 e. The molecule has 0 aromatic heterocycles. The van der Waals surface area contributed by atoms with E-state index in [1.165, 1.54) is 6.92 Å². The molecule has 0 aromatic rings. The monoisotopic (exact) mass is 1180 g/mol. The summed E-state index contributed by atoms with van der Waals surface area (Å²) in [5.41, 5.74) is 0.274. The number of hydrogen-bond acceptors (Lipinski definition) is 26. The van der Waals surface area contributed by atoms with E-state index in [4.69, 9.17) is 66.3 Å². The van der Waals surface area contributed by atoms with E-state index in [1.807, 2.05) is 6.92 Å². The van der Waals surface area contributed by atoms with E-state index in [0.717, 1.165) is 39.7 Å². The van der Waals surface area contributed by atoms with Crippen LogP contribution in [0.25, 0.3) is 0 Å². The zero-order valence-electron chi connectivity index (χ0n) is 48.2. The minimum absolute atomic E-state index is 0.0239. The SMILES string of the molecule is C=C1CO[C@]2(O[C@@H]3C[C@H]4[C@@H]5CC=C6C[C@@H](O)CC(O[C@H]7OC[C@@H](O)[C@H](O[C@H]8OC[C@H](OC(C)=O)[C@H](O)[C@H]8O)[C@H]7O[C@H]7O[C@H](C)[C@@H](OC(C)=O)[C@@H](OC(C)=O)[C@H]7OC(C)=O)[C@]6(C)[C@@H]5CC[C@@]4(C)[C@@H]3[C@@H]2C)[C@H](O)[C@@H]1O[C@H]1O[C@@H](C)[C@@H](O)[C@@H](O)[C@H]1O. The molecule has 26 nitrogen and oxygen atoms in total. The predicted molar refractivity (Wildman–Crippen MR) is 276 cm³/mol. The minimum Gasteiger partial charge on any atom is -0.457 e. The molecular formula is C57H84O26. The molecule has 1 unspecified atom stereocenters. The average molecular weight is 1190 g/mol. The Morgan fingerprint density at radius 1 is 0.639 bits per heavy atom. The second-order valence-electron chi connectivity index (χ2n) is 25.2. The van der Waals surface area contributed by atoms with Crippen LogP contribution in [0.3, 0.4) is 0 Å². The van der Waals surface area contributed by atoms with Crippen molar-refractivity contribution in [3.8, 4) is 0 Å². The van der Waals surface area contributed by atoms with Crippen molar-refractivity contribution in [2.24, 2.45) is 40.4 Å². The molecule has 10 rings (SSSR count). The van der Waals surface area contributed by atoms with Crippen molar-refractivity contribution in [3.05, 3.63) is 23.8 Å². The number of esters is 4. The summed E-state index contributed by atoms with van der Waals surface area (Å²) in [6.07, 6.45) is -25.8. The molecule has 10 aliphatic rings. The van der Waals surface area contributed by atoms with Crippen LogP contribution in [0.2, 0.25) is 0 Å². The van der Waals surface area contributed by atoms with E-state index in [2.05, 4.69) is 26.5 Å². The first-order chi connectivity index (χ1) is 39.1. The van der Waals surface area contributed by atoms with E-state index >= 15 is 0 Å². The maximum Gasteiger partial charge on any atom is 0.303 e. The van der Waals surface area contributed by atoms with Crippen LogP contribution in [0.4, 0.5) is 0 Å². The summed E-state index contributed by atoms with van der Waals surface area (Å²) in [4.78, 5) is 49.8. The van der Waals surface area contributed by atoms with Gasteiger partial charge in [0.05, 0.1) is 50.3 Å². The molecule has 0 bridgehead atoms. The van der Waals surface area contributed by atoms with Gasteiger partial charge in [0.1, 0.15) is 61.0 Å². The number of fused-ring (bicyclic) bond motifs is 7. The molecule has 3 saturated carbocycles. The van der Waals surface area contributed by atoms with E-state index in [9.17, 15) is 60.0 Å². The fourth-order valence-electron chi connectivity index (χ4n) is 16.2. The van der Waals surface area contributed by atoms with E-state index in [0.29, 0.717) is 31.3 Å². The summed E-state index contributed by atoms with van der Waals surface area (Å²) < 4.78 is 86.2. The Hall–Kier alpha value is -3.36. The van der Waals surface area contributed by atoms with Crippen LogP contribution in [-0.4, -0.2) is 231 Å². The van der Waals surface area contributed by atoms with Gasteiger partial charge in [0.25, 0.3) is 0 Å². The average Bonchev–Trinajstić information content (AvgIpc) is 2.52. The Balaban J connectivity index is 0.929. The van der Waals surface area contributed by atoms with Gasteiger partial charge in [-0.15, -0.1) is 0 Å². The normalized spacial score (nSPS) is 51.3. The van der Waals surface area contributed by atoms with Gasteiger partial charge in [0.15, 0.2) is 49.6 Å². The number of rotatable bonds is 12. The van der Waals surface area contributed by atoms with Crippen molar-refractivity contribution in [1.29, 1.82) is 0 Å². The molecular weight excluding hydrogens is 1100 g/mol.